The van der Waals surface area contributed by atoms with Crippen molar-refractivity contribution in [3.63, 3.8) is 0 Å². The highest BCUT2D eigenvalue weighted by atomic mass is 79.9. The molecule has 0 saturated carbocycles. The van der Waals surface area contributed by atoms with Crippen LogP contribution in [0.2, 0.25) is 5.02 Å². The van der Waals surface area contributed by atoms with E-state index in [-0.39, 0.29) is 5.02 Å². The van der Waals surface area contributed by atoms with Crippen LogP contribution in [0.15, 0.2) is 33.6 Å². The molecular formula is C10H4Br2ClFN2. The largest absolute Gasteiger partial charge is 0.236 e. The lowest BCUT2D eigenvalue weighted by atomic mass is 10.1. The molecule has 0 N–H and O–H groups in total. The summed E-state index contributed by atoms with van der Waals surface area (Å²) < 4.78 is 15.0. The van der Waals surface area contributed by atoms with Crippen LogP contribution in [0.5, 0.6) is 0 Å². The third-order valence-corrected chi connectivity index (χ3v) is 3.64. The summed E-state index contributed by atoms with van der Waals surface area (Å²) in [5, 5.41) is 0.0484. The van der Waals surface area contributed by atoms with E-state index in [9.17, 15) is 4.39 Å². The molecule has 0 aliphatic rings. The van der Waals surface area contributed by atoms with Crippen molar-refractivity contribution in [1.29, 1.82) is 0 Å². The molecule has 0 fully saturated rings. The van der Waals surface area contributed by atoms with Gasteiger partial charge in [0.05, 0.1) is 10.7 Å². The van der Waals surface area contributed by atoms with Gasteiger partial charge in [-0.3, -0.25) is 0 Å². The minimum Gasteiger partial charge on any atom is -0.236 e. The Bertz CT molecular complexity index is 548. The van der Waals surface area contributed by atoms with Crippen molar-refractivity contribution in [3.05, 3.63) is 44.4 Å². The van der Waals surface area contributed by atoms with Gasteiger partial charge in [0.25, 0.3) is 0 Å². The summed E-state index contributed by atoms with van der Waals surface area (Å²) in [5.41, 5.74) is 0.824. The van der Waals surface area contributed by atoms with Crippen molar-refractivity contribution in [2.45, 2.75) is 0 Å². The van der Waals surface area contributed by atoms with E-state index in [4.69, 9.17) is 11.6 Å². The Kier molecular flexibility index (Phi) is 3.56. The molecule has 1 heterocycles. The van der Waals surface area contributed by atoms with E-state index in [0.717, 1.165) is 0 Å². The zero-order valence-electron chi connectivity index (χ0n) is 7.72. The Labute approximate surface area is 113 Å². The Morgan fingerprint density at radius 1 is 1.19 bits per heavy atom. The zero-order chi connectivity index (χ0) is 11.7. The monoisotopic (exact) mass is 364 g/mol. The summed E-state index contributed by atoms with van der Waals surface area (Å²) in [5.74, 6) is -0.498. The zero-order valence-corrected chi connectivity index (χ0v) is 11.6. The van der Waals surface area contributed by atoms with Gasteiger partial charge in [-0.2, -0.15) is 0 Å². The molecule has 16 heavy (non-hydrogen) atoms. The average molecular weight is 366 g/mol. The number of nitrogens with zero attached hydrogens (tertiary/aromatic N) is 2. The van der Waals surface area contributed by atoms with Crippen LogP contribution in [0.1, 0.15) is 0 Å². The van der Waals surface area contributed by atoms with Crippen LogP contribution in [0, 0.1) is 5.82 Å². The maximum absolute atomic E-state index is 13.8. The molecule has 0 aliphatic carbocycles. The van der Waals surface area contributed by atoms with Gasteiger partial charge in [0, 0.05) is 10.0 Å². The molecule has 0 radical (unpaired) electrons. The third-order valence-electron chi connectivity index (χ3n) is 1.94. The Hall–Kier alpha value is -0.520. The predicted octanol–water partition coefficient (Wildman–Crippen LogP) is 4.46. The van der Waals surface area contributed by atoms with Crippen LogP contribution in [0.3, 0.4) is 0 Å². The van der Waals surface area contributed by atoms with Crippen molar-refractivity contribution in [3.8, 4) is 11.3 Å². The quantitative estimate of drug-likeness (QED) is 0.550. The normalized spacial score (nSPS) is 10.5. The minimum absolute atomic E-state index is 0.0484. The first-order chi connectivity index (χ1) is 7.59. The summed E-state index contributed by atoms with van der Waals surface area (Å²) in [6.07, 6.45) is 1.36. The molecule has 0 unspecified atom stereocenters. The molecule has 1 aromatic heterocycles. The lowest BCUT2D eigenvalue weighted by Gasteiger charge is -2.05. The highest BCUT2D eigenvalue weighted by Crippen LogP contribution is 2.32. The molecule has 0 saturated heterocycles. The molecule has 1 aromatic carbocycles. The second-order valence-corrected chi connectivity index (χ2v) is 4.99. The summed E-state index contributed by atoms with van der Waals surface area (Å²) in [4.78, 5) is 7.86. The van der Waals surface area contributed by atoms with Crippen molar-refractivity contribution >= 4 is 43.5 Å². The lowest BCUT2D eigenvalue weighted by Crippen LogP contribution is -1.91. The molecule has 82 valence electrons. The molecule has 6 heteroatoms. The van der Waals surface area contributed by atoms with E-state index in [0.29, 0.717) is 20.3 Å². The van der Waals surface area contributed by atoms with Gasteiger partial charge < -0.3 is 0 Å². The summed E-state index contributed by atoms with van der Waals surface area (Å²) in [6, 6.07) is 4.92. The summed E-state index contributed by atoms with van der Waals surface area (Å²) in [6.45, 7) is 0. The standard InChI is InChI=1S/C10H4Br2ClFN2/c11-6-2-1-5(10(14)9(6)13)7-3-8(12)16-4-15-7/h1-4H. The maximum Gasteiger partial charge on any atom is 0.152 e. The number of rotatable bonds is 1. The highest BCUT2D eigenvalue weighted by Gasteiger charge is 2.12. The van der Waals surface area contributed by atoms with Gasteiger partial charge in [0.1, 0.15) is 10.9 Å². The smallest absolute Gasteiger partial charge is 0.152 e. The van der Waals surface area contributed by atoms with Crippen LogP contribution in [0.4, 0.5) is 4.39 Å². The van der Waals surface area contributed by atoms with E-state index in [1.165, 1.54) is 6.33 Å². The highest BCUT2D eigenvalue weighted by molar-refractivity contribution is 9.10. The molecule has 0 bridgehead atoms. The van der Waals surface area contributed by atoms with E-state index >= 15 is 0 Å². The Morgan fingerprint density at radius 2 is 1.94 bits per heavy atom. The SMILES string of the molecule is Fc1c(-c2cc(Br)ncn2)ccc(Br)c1Cl. The van der Waals surface area contributed by atoms with E-state index in [2.05, 4.69) is 41.8 Å². The molecule has 2 aromatic rings. The van der Waals surface area contributed by atoms with Gasteiger partial charge in [-0.15, -0.1) is 0 Å². The van der Waals surface area contributed by atoms with Gasteiger partial charge >= 0.3 is 0 Å². The van der Waals surface area contributed by atoms with Crippen LogP contribution in [0.25, 0.3) is 11.3 Å². The second kappa shape index (κ2) is 4.77. The summed E-state index contributed by atoms with van der Waals surface area (Å²) >= 11 is 12.1. The first-order valence-corrected chi connectivity index (χ1v) is 6.17. The third kappa shape index (κ3) is 2.26. The second-order valence-electron chi connectivity index (χ2n) is 2.95. The lowest BCUT2D eigenvalue weighted by molar-refractivity contribution is 0.630. The first-order valence-electron chi connectivity index (χ1n) is 4.21. The molecule has 0 spiro atoms. The Morgan fingerprint density at radius 3 is 2.62 bits per heavy atom. The van der Waals surface area contributed by atoms with E-state index < -0.39 is 5.82 Å². The maximum atomic E-state index is 13.8. The molecule has 2 nitrogen and oxygen atoms in total. The van der Waals surface area contributed by atoms with E-state index in [1.54, 1.807) is 18.2 Å². The molecular weight excluding hydrogens is 362 g/mol. The first kappa shape index (κ1) is 12.0. The topological polar surface area (TPSA) is 25.8 Å². The molecule has 0 aliphatic heterocycles. The average Bonchev–Trinajstić information content (AvgIpc) is 2.26. The van der Waals surface area contributed by atoms with Crippen molar-refractivity contribution in [1.82, 2.24) is 9.97 Å². The fraction of sp³-hybridized carbons (Fsp3) is 0. The number of halogens is 4. The number of hydrogen-bond donors (Lipinski definition) is 0. The van der Waals surface area contributed by atoms with Gasteiger partial charge in [0.2, 0.25) is 0 Å². The molecule has 2 rings (SSSR count). The number of aromatic nitrogens is 2. The fourth-order valence-corrected chi connectivity index (χ4v) is 1.98. The van der Waals surface area contributed by atoms with Crippen molar-refractivity contribution in [2.75, 3.05) is 0 Å². The Balaban J connectivity index is 2.61. The van der Waals surface area contributed by atoms with Crippen LogP contribution in [-0.2, 0) is 0 Å². The number of hydrogen-bond acceptors (Lipinski definition) is 2. The van der Waals surface area contributed by atoms with Crippen LogP contribution in [-0.4, -0.2) is 9.97 Å². The van der Waals surface area contributed by atoms with Crippen molar-refractivity contribution < 1.29 is 4.39 Å². The molecule has 0 amide bonds. The minimum atomic E-state index is -0.498. The molecule has 0 atom stereocenters. The fourth-order valence-electron chi connectivity index (χ4n) is 1.20. The van der Waals surface area contributed by atoms with Gasteiger partial charge in [-0.25, -0.2) is 14.4 Å². The predicted molar refractivity (Wildman–Crippen MR) is 67.8 cm³/mol. The van der Waals surface area contributed by atoms with Crippen molar-refractivity contribution in [2.24, 2.45) is 0 Å². The summed E-state index contributed by atoms with van der Waals surface area (Å²) in [7, 11) is 0. The van der Waals surface area contributed by atoms with Gasteiger partial charge in [-0.1, -0.05) is 11.6 Å². The van der Waals surface area contributed by atoms with E-state index in [1.807, 2.05) is 0 Å². The van der Waals surface area contributed by atoms with Crippen LogP contribution >= 0.6 is 43.5 Å². The van der Waals surface area contributed by atoms with Gasteiger partial charge in [-0.05, 0) is 50.1 Å². The van der Waals surface area contributed by atoms with Crippen LogP contribution < -0.4 is 0 Å². The number of benzene rings is 1. The van der Waals surface area contributed by atoms with Gasteiger partial charge in [0.15, 0.2) is 5.82 Å².